The number of imidazole rings is 1. The maximum atomic E-state index is 13.9. The molecule has 36 heavy (non-hydrogen) atoms. The van der Waals surface area contributed by atoms with Gasteiger partial charge in [-0.1, -0.05) is 19.3 Å². The molecule has 1 amide bonds. The molecule has 2 aromatic rings. The molecule has 0 unspecified atom stereocenters. The van der Waals surface area contributed by atoms with Crippen molar-refractivity contribution in [2.75, 3.05) is 5.32 Å². The van der Waals surface area contributed by atoms with E-state index in [1.807, 2.05) is 0 Å². The van der Waals surface area contributed by atoms with Crippen molar-refractivity contribution in [2.24, 2.45) is 23.2 Å². The average molecular weight is 494 g/mol. The van der Waals surface area contributed by atoms with Gasteiger partial charge in [0.1, 0.15) is 17.3 Å². The zero-order valence-electron chi connectivity index (χ0n) is 20.8. The molecule has 3 N–H and O–H groups in total. The summed E-state index contributed by atoms with van der Waals surface area (Å²) in [7, 11) is 0. The first kappa shape index (κ1) is 23.7. The fourth-order valence-corrected chi connectivity index (χ4v) is 8.31. The van der Waals surface area contributed by atoms with Gasteiger partial charge in [-0.3, -0.25) is 4.79 Å². The van der Waals surface area contributed by atoms with Crippen LogP contribution in [-0.2, 0) is 6.42 Å². The Bertz CT molecular complexity index is 1130. The standard InChI is InChI=1S/C29H36FN3O3/c30-23-7-6-21(13-22(23)28(35)36)31-27(34)25-24(32-26(33-25)20-4-2-1-3-5-20)8-9-29-14-17-10-18(15-29)12-19(11-17)16-29/h6-7,13,17-20H,1-5,8-12,14-16H2,(H,31,34)(H,32,33)(H,35,36). The summed E-state index contributed by atoms with van der Waals surface area (Å²) in [5.41, 5.74) is 1.50. The molecule has 7 rings (SSSR count). The number of amides is 1. The number of carboxylic acid groups (broad SMARTS) is 1. The third-order valence-electron chi connectivity index (χ3n) is 9.53. The van der Waals surface area contributed by atoms with Gasteiger partial charge in [0.05, 0.1) is 5.56 Å². The first-order valence-electron chi connectivity index (χ1n) is 13.8. The predicted octanol–water partition coefficient (Wildman–Crippen LogP) is 6.70. The molecule has 5 saturated carbocycles. The molecule has 0 atom stereocenters. The molecular formula is C29H36FN3O3. The van der Waals surface area contributed by atoms with Gasteiger partial charge in [0.25, 0.3) is 5.91 Å². The molecule has 192 valence electrons. The molecule has 6 nitrogen and oxygen atoms in total. The number of aromatic carboxylic acids is 1. The number of nitrogens with one attached hydrogen (secondary N) is 2. The molecule has 7 heteroatoms. The van der Waals surface area contributed by atoms with Gasteiger partial charge >= 0.3 is 5.97 Å². The van der Waals surface area contributed by atoms with Crippen LogP contribution < -0.4 is 5.32 Å². The first-order chi connectivity index (χ1) is 17.4. The van der Waals surface area contributed by atoms with Crippen molar-refractivity contribution in [3.63, 3.8) is 0 Å². The van der Waals surface area contributed by atoms with E-state index in [4.69, 9.17) is 4.98 Å². The molecule has 4 bridgehead atoms. The van der Waals surface area contributed by atoms with Crippen molar-refractivity contribution in [1.29, 1.82) is 0 Å². The fourth-order valence-electron chi connectivity index (χ4n) is 8.31. The van der Waals surface area contributed by atoms with Crippen LogP contribution in [0.2, 0.25) is 0 Å². The Labute approximate surface area is 211 Å². The van der Waals surface area contributed by atoms with E-state index in [-0.39, 0.29) is 11.6 Å². The van der Waals surface area contributed by atoms with Crippen LogP contribution in [0.25, 0.3) is 0 Å². The van der Waals surface area contributed by atoms with Gasteiger partial charge in [0, 0.05) is 17.3 Å². The molecule has 0 radical (unpaired) electrons. The highest BCUT2D eigenvalue weighted by molar-refractivity contribution is 6.04. The lowest BCUT2D eigenvalue weighted by atomic mass is 9.48. The number of nitrogens with zero attached hydrogens (tertiary/aromatic N) is 1. The Hall–Kier alpha value is -2.70. The highest BCUT2D eigenvalue weighted by atomic mass is 19.1. The third kappa shape index (κ3) is 4.57. The van der Waals surface area contributed by atoms with E-state index in [9.17, 15) is 19.1 Å². The van der Waals surface area contributed by atoms with Crippen molar-refractivity contribution >= 4 is 17.6 Å². The molecule has 1 aromatic heterocycles. The number of aromatic nitrogens is 2. The lowest BCUT2D eigenvalue weighted by Gasteiger charge is -2.57. The van der Waals surface area contributed by atoms with Crippen molar-refractivity contribution in [3.05, 3.63) is 46.8 Å². The van der Waals surface area contributed by atoms with Crippen molar-refractivity contribution in [2.45, 2.75) is 89.4 Å². The number of anilines is 1. The van der Waals surface area contributed by atoms with Gasteiger partial charge in [0.15, 0.2) is 0 Å². The summed E-state index contributed by atoms with van der Waals surface area (Å²) in [5, 5.41) is 12.0. The highest BCUT2D eigenvalue weighted by Crippen LogP contribution is 2.61. The molecular weight excluding hydrogens is 457 g/mol. The number of H-pyrrole nitrogens is 1. The largest absolute Gasteiger partial charge is 0.478 e. The van der Waals surface area contributed by atoms with E-state index in [1.165, 1.54) is 69.9 Å². The summed E-state index contributed by atoms with van der Waals surface area (Å²) in [6, 6.07) is 3.63. The number of aryl methyl sites for hydroxylation is 1. The van der Waals surface area contributed by atoms with Gasteiger partial charge < -0.3 is 15.4 Å². The number of rotatable bonds is 7. The topological polar surface area (TPSA) is 95.1 Å². The van der Waals surface area contributed by atoms with Crippen LogP contribution in [0.4, 0.5) is 10.1 Å². The average Bonchev–Trinajstić information content (AvgIpc) is 3.28. The molecule has 1 aromatic carbocycles. The van der Waals surface area contributed by atoms with Crippen LogP contribution in [0.5, 0.6) is 0 Å². The first-order valence-corrected chi connectivity index (χ1v) is 13.8. The van der Waals surface area contributed by atoms with E-state index < -0.39 is 17.3 Å². The summed E-state index contributed by atoms with van der Waals surface area (Å²) in [6.45, 7) is 0. The number of aromatic amines is 1. The van der Waals surface area contributed by atoms with Crippen LogP contribution in [0.15, 0.2) is 18.2 Å². The second-order valence-electron chi connectivity index (χ2n) is 12.2. The minimum absolute atomic E-state index is 0.257. The highest BCUT2D eigenvalue weighted by Gasteiger charge is 2.50. The Balaban J connectivity index is 1.24. The lowest BCUT2D eigenvalue weighted by Crippen LogP contribution is -2.46. The second kappa shape index (κ2) is 9.31. The zero-order valence-corrected chi connectivity index (χ0v) is 20.8. The van der Waals surface area contributed by atoms with E-state index in [1.54, 1.807) is 0 Å². The van der Waals surface area contributed by atoms with E-state index in [0.29, 0.717) is 17.0 Å². The fraction of sp³-hybridized carbons (Fsp3) is 0.621. The van der Waals surface area contributed by atoms with Gasteiger partial charge in [-0.05, 0) is 106 Å². The minimum atomic E-state index is -1.36. The number of carbonyl (C=O) groups excluding carboxylic acids is 1. The second-order valence-corrected chi connectivity index (χ2v) is 12.2. The van der Waals surface area contributed by atoms with Crippen LogP contribution >= 0.6 is 0 Å². The predicted molar refractivity (Wildman–Crippen MR) is 135 cm³/mol. The van der Waals surface area contributed by atoms with Crippen LogP contribution in [0, 0.1) is 29.0 Å². The Morgan fingerprint density at radius 3 is 2.36 bits per heavy atom. The van der Waals surface area contributed by atoms with Gasteiger partial charge in [-0.15, -0.1) is 0 Å². The normalized spacial score (nSPS) is 29.4. The maximum absolute atomic E-state index is 13.9. The summed E-state index contributed by atoms with van der Waals surface area (Å²) >= 11 is 0. The Kier molecular flexibility index (Phi) is 6.12. The number of carboxylic acids is 1. The Morgan fingerprint density at radius 2 is 1.72 bits per heavy atom. The van der Waals surface area contributed by atoms with E-state index in [0.717, 1.165) is 61.0 Å². The van der Waals surface area contributed by atoms with Gasteiger partial charge in [0.2, 0.25) is 0 Å². The van der Waals surface area contributed by atoms with Crippen LogP contribution in [0.1, 0.15) is 115 Å². The molecule has 5 aliphatic carbocycles. The van der Waals surface area contributed by atoms with E-state index in [2.05, 4.69) is 10.3 Å². The van der Waals surface area contributed by atoms with Gasteiger partial charge in [-0.25, -0.2) is 14.2 Å². The lowest BCUT2D eigenvalue weighted by molar-refractivity contribution is -0.0570. The van der Waals surface area contributed by atoms with Crippen molar-refractivity contribution < 1.29 is 19.1 Å². The van der Waals surface area contributed by atoms with Crippen molar-refractivity contribution in [3.8, 4) is 0 Å². The summed E-state index contributed by atoms with van der Waals surface area (Å²) in [6.07, 6.45) is 15.9. The SMILES string of the molecule is O=C(O)c1cc(NC(=O)c2nc(C3CCCCC3)[nH]c2CCC23CC4CC(CC(C4)C2)C3)ccc1F. The number of hydrogen-bond acceptors (Lipinski definition) is 3. The minimum Gasteiger partial charge on any atom is -0.478 e. The molecule has 0 aliphatic heterocycles. The third-order valence-corrected chi connectivity index (χ3v) is 9.53. The molecule has 1 heterocycles. The quantitative estimate of drug-likeness (QED) is 0.400. The maximum Gasteiger partial charge on any atom is 0.338 e. The molecule has 5 fully saturated rings. The number of carbonyl (C=O) groups is 2. The smallest absolute Gasteiger partial charge is 0.338 e. The zero-order chi connectivity index (χ0) is 24.9. The monoisotopic (exact) mass is 493 g/mol. The van der Waals surface area contributed by atoms with Crippen LogP contribution in [-0.4, -0.2) is 27.0 Å². The summed E-state index contributed by atoms with van der Waals surface area (Å²) in [4.78, 5) is 33.1. The summed E-state index contributed by atoms with van der Waals surface area (Å²) in [5.74, 6) is 1.38. The molecule has 0 spiro atoms. The Morgan fingerprint density at radius 1 is 1.06 bits per heavy atom. The summed E-state index contributed by atoms with van der Waals surface area (Å²) < 4.78 is 13.9. The number of halogens is 1. The number of hydrogen-bond donors (Lipinski definition) is 3. The van der Waals surface area contributed by atoms with Crippen molar-refractivity contribution in [1.82, 2.24) is 9.97 Å². The number of benzene rings is 1. The van der Waals surface area contributed by atoms with E-state index >= 15 is 0 Å². The molecule has 0 saturated heterocycles. The van der Waals surface area contributed by atoms with Gasteiger partial charge in [-0.2, -0.15) is 0 Å². The molecule has 5 aliphatic rings. The van der Waals surface area contributed by atoms with Crippen LogP contribution in [0.3, 0.4) is 0 Å².